The molecule has 8 rings (SSSR count). The molecule has 2 aromatic heterocycles. The minimum Gasteiger partial charge on any atom is -0.477 e. The zero-order valence-corrected chi connectivity index (χ0v) is 26.0. The summed E-state index contributed by atoms with van der Waals surface area (Å²) in [6.07, 6.45) is 13.6. The van der Waals surface area contributed by atoms with E-state index in [1.165, 1.54) is 37.8 Å². The van der Waals surface area contributed by atoms with E-state index < -0.39 is 15.9 Å². The summed E-state index contributed by atoms with van der Waals surface area (Å²) in [5, 5.41) is 7.13. The zero-order valence-electron chi connectivity index (χ0n) is 26.2. The molecule has 0 unspecified atom stereocenters. The lowest BCUT2D eigenvalue weighted by atomic mass is 9.93. The highest BCUT2D eigenvalue weighted by Crippen LogP contribution is 2.93. The van der Waals surface area contributed by atoms with Crippen LogP contribution in [0.3, 0.4) is 0 Å². The quantitative estimate of drug-likeness (QED) is 0.513. The average molecular weight is 619 g/mol. The number of carbonyl (C=O) groups excluding carboxylic acids is 1. The molecule has 0 aromatic carbocycles. The van der Waals surface area contributed by atoms with Crippen LogP contribution >= 0.6 is 0 Å². The number of allylic oxidation sites excluding steroid dienone is 2. The number of ether oxygens (including phenoxy) is 1. The van der Waals surface area contributed by atoms with Gasteiger partial charge in [0.05, 0.1) is 13.5 Å². The molecular formula is C32H39N7O4S. The van der Waals surface area contributed by atoms with Crippen LogP contribution in [-0.4, -0.2) is 60.2 Å². The Morgan fingerprint density at radius 3 is 2.73 bits per heavy atom. The smallest absolute Gasteiger partial charge is 0.279 e. The molecule has 2 aromatic rings. The van der Waals surface area contributed by atoms with Crippen molar-refractivity contribution in [1.29, 1.82) is 0 Å². The number of fused-ring (bicyclic) bond motifs is 7. The predicted molar refractivity (Wildman–Crippen MR) is 166 cm³/mol. The van der Waals surface area contributed by atoms with Crippen LogP contribution in [0.5, 0.6) is 5.88 Å². The molecule has 3 aliphatic carbocycles. The van der Waals surface area contributed by atoms with E-state index in [0.717, 1.165) is 31.6 Å². The minimum absolute atomic E-state index is 0.0910. The number of amides is 1. The number of carbonyl (C=O) groups is 1. The number of nitrogens with zero attached hydrogens (tertiary/aromatic N) is 5. The number of sulfonamides is 1. The van der Waals surface area contributed by atoms with Gasteiger partial charge in [-0.2, -0.15) is 8.42 Å². The molecule has 0 radical (unpaired) electrons. The number of anilines is 1. The van der Waals surface area contributed by atoms with Crippen molar-refractivity contribution in [3.63, 3.8) is 0 Å². The molecule has 12 heteroatoms. The Balaban J connectivity index is 1.07. The van der Waals surface area contributed by atoms with Gasteiger partial charge in [0.15, 0.2) is 10.8 Å². The maximum Gasteiger partial charge on any atom is 0.279 e. The van der Waals surface area contributed by atoms with Crippen molar-refractivity contribution in [2.75, 3.05) is 24.6 Å². The Kier molecular flexibility index (Phi) is 5.87. The minimum atomic E-state index is -4.29. The normalized spacial score (nSPS) is 27.5. The first-order chi connectivity index (χ1) is 21.5. The highest BCUT2D eigenvalue weighted by molar-refractivity contribution is 7.93. The van der Waals surface area contributed by atoms with E-state index in [9.17, 15) is 13.2 Å². The fourth-order valence-electron chi connectivity index (χ4n) is 8.49. The molecule has 1 amide bonds. The number of hydrogen-bond acceptors (Lipinski definition) is 9. The molecule has 3 saturated carbocycles. The first-order valence-corrected chi connectivity index (χ1v) is 17.2. The van der Waals surface area contributed by atoms with Crippen molar-refractivity contribution in [2.24, 2.45) is 27.7 Å². The summed E-state index contributed by atoms with van der Waals surface area (Å²) in [7, 11) is -4.29. The number of amidine groups is 1. The zero-order chi connectivity index (χ0) is 31.2. The first-order valence-electron chi connectivity index (χ1n) is 16.3. The van der Waals surface area contributed by atoms with Gasteiger partial charge in [-0.3, -0.25) is 9.79 Å². The molecule has 4 fully saturated rings. The third-order valence-corrected chi connectivity index (χ3v) is 12.1. The number of rotatable bonds is 5. The van der Waals surface area contributed by atoms with Crippen LogP contribution in [0.4, 0.5) is 5.82 Å². The monoisotopic (exact) mass is 618 g/mol. The summed E-state index contributed by atoms with van der Waals surface area (Å²) in [5.74, 6) is 1.99. The maximum absolute atomic E-state index is 13.7. The maximum atomic E-state index is 13.7. The molecule has 1 saturated heterocycles. The van der Waals surface area contributed by atoms with Crippen molar-refractivity contribution in [3.8, 4) is 11.7 Å². The van der Waals surface area contributed by atoms with Crippen LogP contribution in [0.15, 0.2) is 52.6 Å². The third kappa shape index (κ3) is 4.55. The van der Waals surface area contributed by atoms with E-state index in [4.69, 9.17) is 11.1 Å². The lowest BCUT2D eigenvalue weighted by Gasteiger charge is -2.34. The van der Waals surface area contributed by atoms with E-state index in [0.29, 0.717) is 54.0 Å². The van der Waals surface area contributed by atoms with Gasteiger partial charge in [-0.25, -0.2) is 14.4 Å². The fourth-order valence-corrected chi connectivity index (χ4v) is 9.43. The first kappa shape index (κ1) is 26.7. The van der Waals surface area contributed by atoms with E-state index in [2.05, 4.69) is 38.9 Å². The second-order valence-corrected chi connectivity index (χ2v) is 15.6. The Hall–Kier alpha value is -3.67. The van der Waals surface area contributed by atoms with E-state index in [1.807, 2.05) is 6.07 Å². The van der Waals surface area contributed by atoms with Crippen molar-refractivity contribution in [2.45, 2.75) is 70.8 Å². The fraction of sp³-hybridized carbons (Fsp3) is 0.562. The van der Waals surface area contributed by atoms with Crippen molar-refractivity contribution < 1.29 is 19.3 Å². The summed E-state index contributed by atoms with van der Waals surface area (Å²) in [4.78, 5) is 25.2. The highest BCUT2D eigenvalue weighted by atomic mass is 32.2. The van der Waals surface area contributed by atoms with Gasteiger partial charge in [0.25, 0.3) is 15.9 Å². The van der Waals surface area contributed by atoms with Crippen LogP contribution in [0.2, 0.25) is 0 Å². The molecule has 11 nitrogen and oxygen atoms in total. The third-order valence-electron chi connectivity index (χ3n) is 10.8. The molecule has 4 bridgehead atoms. The molecule has 3 aliphatic heterocycles. The number of aliphatic imine (C=N–C) groups is 1. The summed E-state index contributed by atoms with van der Waals surface area (Å²) < 4.78 is 44.6. The summed E-state index contributed by atoms with van der Waals surface area (Å²) >= 11 is 0. The number of pyridine rings is 1. The second kappa shape index (κ2) is 9.66. The van der Waals surface area contributed by atoms with Gasteiger partial charge in [-0.1, -0.05) is 6.08 Å². The molecular weight excluding hydrogens is 578 g/mol. The number of dihydropyridines is 1. The Morgan fingerprint density at radius 1 is 1.16 bits per heavy atom. The Morgan fingerprint density at radius 2 is 1.95 bits per heavy atom. The second-order valence-electron chi connectivity index (χ2n) is 13.9. The van der Waals surface area contributed by atoms with Crippen LogP contribution < -0.4 is 19.7 Å². The van der Waals surface area contributed by atoms with Crippen LogP contribution in [0.25, 0.3) is 5.82 Å². The van der Waals surface area contributed by atoms with Crippen molar-refractivity contribution >= 4 is 27.6 Å². The Labute approximate surface area is 259 Å². The standard InChI is InChI=1S/C32H39N7O4S/c1-30(2)19-21-5-4-16-33-24-6-3-7-27(34-24)44(41,42)37-29(40)22-8-9-25(35-28(22)38(30)20-21)39-17-10-26(36-39)43-18-11-23-31(12-13-31)32(23)14-15-32/h3,6-10,17,21,23H,4-5,11-16,18-20H2,1-2H3,(H,33,34)(H,37,40)/t21-/m0/s1/i6D. The molecule has 1 atom stereocenters. The lowest BCUT2D eigenvalue weighted by molar-refractivity contribution is 0.0981. The van der Waals surface area contributed by atoms with Gasteiger partial charge in [-0.15, -0.1) is 5.10 Å². The number of aromatic nitrogens is 3. The van der Waals surface area contributed by atoms with Crippen LogP contribution in [0, 0.1) is 22.7 Å². The molecule has 6 aliphatic rings. The van der Waals surface area contributed by atoms with Crippen LogP contribution in [0.1, 0.15) is 76.9 Å². The molecule has 232 valence electrons. The van der Waals surface area contributed by atoms with Gasteiger partial charge in [0.1, 0.15) is 11.7 Å². The Bertz CT molecular complexity index is 1770. The van der Waals surface area contributed by atoms with Crippen molar-refractivity contribution in [1.82, 2.24) is 24.8 Å². The van der Waals surface area contributed by atoms with Crippen LogP contribution in [-0.2, 0) is 10.0 Å². The van der Waals surface area contributed by atoms with Gasteiger partial charge < -0.3 is 15.0 Å². The topological polar surface area (TPSA) is 131 Å². The van der Waals surface area contributed by atoms with Crippen molar-refractivity contribution in [3.05, 3.63) is 53.2 Å². The summed E-state index contributed by atoms with van der Waals surface area (Å²) in [6, 6.07) is 5.21. The molecule has 5 heterocycles. The highest BCUT2D eigenvalue weighted by Gasteiger charge is 2.85. The number of hydrogen-bond donors (Lipinski definition) is 2. The van der Waals surface area contributed by atoms with E-state index in [-0.39, 0.29) is 28.0 Å². The predicted octanol–water partition coefficient (Wildman–Crippen LogP) is 4.08. The van der Waals surface area contributed by atoms with E-state index >= 15 is 0 Å². The average Bonchev–Trinajstić information content (AvgIpc) is 3.95. The lowest BCUT2D eigenvalue weighted by Crippen LogP contribution is -2.42. The summed E-state index contributed by atoms with van der Waals surface area (Å²) in [6.45, 7) is 6.02. The molecule has 44 heavy (non-hydrogen) atoms. The molecule has 2 N–H and O–H groups in total. The summed E-state index contributed by atoms with van der Waals surface area (Å²) in [5.41, 5.74) is 1.14. The van der Waals surface area contributed by atoms with E-state index in [1.54, 1.807) is 23.0 Å². The van der Waals surface area contributed by atoms with Gasteiger partial charge in [0.2, 0.25) is 5.88 Å². The van der Waals surface area contributed by atoms with Gasteiger partial charge in [0, 0.05) is 30.9 Å². The largest absolute Gasteiger partial charge is 0.477 e. The SMILES string of the molecule is [2H]C1=CC=C2NC1=NCCC[C@@H]1CN(c3nc(-n4ccc(OCCC5C6(CC6)C56CC6)n4)ccc3C(=O)NS2(=O)=O)C(C)(C)C1. The van der Waals surface area contributed by atoms with Gasteiger partial charge in [-0.05, 0) is 112 Å². The van der Waals surface area contributed by atoms with Gasteiger partial charge >= 0.3 is 0 Å². The molecule has 2 spiro atoms. The number of nitrogens with one attached hydrogen (secondary N) is 2.